The van der Waals surface area contributed by atoms with Gasteiger partial charge < -0.3 is 10.1 Å². The van der Waals surface area contributed by atoms with E-state index in [9.17, 15) is 0 Å². The highest BCUT2D eigenvalue weighted by Crippen LogP contribution is 2.36. The topological polar surface area (TPSA) is 21.3 Å². The Kier molecular flexibility index (Phi) is 5.57. The highest BCUT2D eigenvalue weighted by molar-refractivity contribution is 8.07. The minimum Gasteiger partial charge on any atom is -0.496 e. The third kappa shape index (κ3) is 3.58. The average Bonchev–Trinajstić information content (AvgIpc) is 2.85. The maximum atomic E-state index is 5.79. The summed E-state index contributed by atoms with van der Waals surface area (Å²) < 4.78 is 5.79. The summed E-state index contributed by atoms with van der Waals surface area (Å²) in [5.41, 5.74) is 0. The van der Waals surface area contributed by atoms with E-state index in [4.69, 9.17) is 4.74 Å². The zero-order chi connectivity index (χ0) is 12.1. The van der Waals surface area contributed by atoms with Gasteiger partial charge in [0.15, 0.2) is 0 Å². The molecular formula is C13H23NOS2. The summed E-state index contributed by atoms with van der Waals surface area (Å²) in [6.45, 7) is 6.54. The summed E-state index contributed by atoms with van der Waals surface area (Å²) in [6.07, 6.45) is 4.54. The normalized spacial score (nSPS) is 30.8. The van der Waals surface area contributed by atoms with Gasteiger partial charge in [-0.15, -0.1) is 0 Å². The van der Waals surface area contributed by atoms with Crippen molar-refractivity contribution in [3.63, 3.8) is 0 Å². The number of rotatable bonds is 5. The van der Waals surface area contributed by atoms with Crippen molar-refractivity contribution in [3.8, 4) is 0 Å². The van der Waals surface area contributed by atoms with Crippen molar-refractivity contribution >= 4 is 23.5 Å². The van der Waals surface area contributed by atoms with Crippen molar-refractivity contribution in [1.29, 1.82) is 0 Å². The number of thioether (sulfide) groups is 2. The molecule has 0 spiro atoms. The molecule has 2 aliphatic rings. The van der Waals surface area contributed by atoms with Gasteiger partial charge in [0.05, 0.1) is 12.6 Å². The quantitative estimate of drug-likeness (QED) is 0.831. The van der Waals surface area contributed by atoms with Crippen LogP contribution in [0.15, 0.2) is 11.8 Å². The lowest BCUT2D eigenvalue weighted by molar-refractivity contribution is 0.213. The van der Waals surface area contributed by atoms with Crippen molar-refractivity contribution < 1.29 is 4.74 Å². The molecular weight excluding hydrogens is 250 g/mol. The standard InChI is InChI=1S/C13H23NOS2/c1-3-6-14-12(11-5-4-7-15-11)13-10(2)16-8-9-17-13/h5,10,12-14H,3-4,6-9H2,1-2H3. The van der Waals surface area contributed by atoms with Gasteiger partial charge in [-0.25, -0.2) is 0 Å². The molecule has 4 heteroatoms. The lowest BCUT2D eigenvalue weighted by Crippen LogP contribution is -2.46. The van der Waals surface area contributed by atoms with Crippen LogP contribution in [0.1, 0.15) is 26.7 Å². The predicted octanol–water partition coefficient (Wildman–Crippen LogP) is 2.90. The first-order chi connectivity index (χ1) is 8.33. The Bertz CT molecular complexity index is 270. The highest BCUT2D eigenvalue weighted by atomic mass is 32.2. The Hall–Kier alpha value is 0.200. The molecule has 0 saturated carbocycles. The summed E-state index contributed by atoms with van der Waals surface area (Å²) in [5.74, 6) is 3.77. The number of hydrogen-bond acceptors (Lipinski definition) is 4. The highest BCUT2D eigenvalue weighted by Gasteiger charge is 2.33. The lowest BCUT2D eigenvalue weighted by Gasteiger charge is -2.35. The molecule has 98 valence electrons. The third-order valence-corrected chi connectivity index (χ3v) is 6.41. The summed E-state index contributed by atoms with van der Waals surface area (Å²) in [4.78, 5) is 0. The van der Waals surface area contributed by atoms with Crippen LogP contribution < -0.4 is 5.32 Å². The molecule has 1 N–H and O–H groups in total. The first-order valence-corrected chi connectivity index (χ1v) is 8.72. The average molecular weight is 273 g/mol. The van der Waals surface area contributed by atoms with Crippen LogP contribution in [-0.2, 0) is 4.74 Å². The molecule has 0 bridgehead atoms. The van der Waals surface area contributed by atoms with E-state index in [2.05, 4.69) is 48.8 Å². The minimum absolute atomic E-state index is 0.422. The Morgan fingerprint density at radius 3 is 2.94 bits per heavy atom. The van der Waals surface area contributed by atoms with Crippen molar-refractivity contribution in [2.24, 2.45) is 0 Å². The molecule has 0 aromatic rings. The second-order valence-electron chi connectivity index (χ2n) is 4.59. The molecule has 2 rings (SSSR count). The first kappa shape index (κ1) is 13.6. The number of ether oxygens (including phenoxy) is 1. The van der Waals surface area contributed by atoms with Gasteiger partial charge in [-0.3, -0.25) is 0 Å². The molecule has 3 unspecified atom stereocenters. The fraction of sp³-hybridized carbons (Fsp3) is 0.846. The monoisotopic (exact) mass is 273 g/mol. The molecule has 17 heavy (non-hydrogen) atoms. The Morgan fingerprint density at radius 2 is 2.29 bits per heavy atom. The summed E-state index contributed by atoms with van der Waals surface area (Å²) >= 11 is 4.22. The van der Waals surface area contributed by atoms with E-state index >= 15 is 0 Å². The predicted molar refractivity (Wildman–Crippen MR) is 78.9 cm³/mol. The van der Waals surface area contributed by atoms with E-state index < -0.39 is 0 Å². The molecule has 1 saturated heterocycles. The molecule has 0 aromatic carbocycles. The number of nitrogens with one attached hydrogen (secondary N) is 1. The molecule has 0 amide bonds. The van der Waals surface area contributed by atoms with Gasteiger partial charge in [-0.05, 0) is 19.0 Å². The summed E-state index contributed by atoms with van der Waals surface area (Å²) in [5, 5.41) is 5.06. The maximum absolute atomic E-state index is 5.79. The van der Waals surface area contributed by atoms with Crippen molar-refractivity contribution in [1.82, 2.24) is 5.32 Å². The van der Waals surface area contributed by atoms with Crippen LogP contribution in [0, 0.1) is 0 Å². The zero-order valence-electron chi connectivity index (χ0n) is 10.8. The first-order valence-electron chi connectivity index (χ1n) is 6.62. The van der Waals surface area contributed by atoms with Crippen molar-refractivity contribution in [2.45, 2.75) is 43.2 Å². The van der Waals surface area contributed by atoms with Gasteiger partial charge >= 0.3 is 0 Å². The molecule has 0 aliphatic carbocycles. The van der Waals surface area contributed by atoms with Crippen molar-refractivity contribution in [2.75, 3.05) is 24.7 Å². The van der Waals surface area contributed by atoms with E-state index in [1.807, 2.05) is 0 Å². The van der Waals surface area contributed by atoms with Crippen LogP contribution in [-0.4, -0.2) is 41.2 Å². The van der Waals surface area contributed by atoms with Gasteiger partial charge in [0.2, 0.25) is 0 Å². The third-order valence-electron chi connectivity index (χ3n) is 3.22. The van der Waals surface area contributed by atoms with Crippen LogP contribution in [0.5, 0.6) is 0 Å². The SMILES string of the molecule is CCCNC(C1=CCCO1)C1SCCSC1C. The van der Waals surface area contributed by atoms with Crippen LogP contribution >= 0.6 is 23.5 Å². The van der Waals surface area contributed by atoms with E-state index in [1.165, 1.54) is 23.7 Å². The van der Waals surface area contributed by atoms with Crippen LogP contribution in [0.25, 0.3) is 0 Å². The molecule has 2 heterocycles. The second kappa shape index (κ2) is 6.95. The summed E-state index contributed by atoms with van der Waals surface area (Å²) in [6, 6.07) is 0.422. The fourth-order valence-electron chi connectivity index (χ4n) is 2.35. The lowest BCUT2D eigenvalue weighted by atomic mass is 10.1. The minimum atomic E-state index is 0.422. The van der Waals surface area contributed by atoms with Crippen LogP contribution in [0.4, 0.5) is 0 Å². The Labute approximate surface area is 113 Å². The fourth-order valence-corrected chi connectivity index (χ4v) is 5.27. The second-order valence-corrected chi connectivity index (χ2v) is 7.36. The molecule has 0 radical (unpaired) electrons. The van der Waals surface area contributed by atoms with Gasteiger partial charge in [-0.2, -0.15) is 23.5 Å². The van der Waals surface area contributed by atoms with Gasteiger partial charge in [0.1, 0.15) is 5.76 Å². The zero-order valence-corrected chi connectivity index (χ0v) is 12.4. The maximum Gasteiger partial charge on any atom is 0.110 e. The van der Waals surface area contributed by atoms with Gasteiger partial charge in [-0.1, -0.05) is 13.8 Å². The van der Waals surface area contributed by atoms with E-state index in [0.29, 0.717) is 16.5 Å². The van der Waals surface area contributed by atoms with E-state index in [1.54, 1.807) is 0 Å². The largest absolute Gasteiger partial charge is 0.496 e. The Morgan fingerprint density at radius 1 is 1.47 bits per heavy atom. The number of hydrogen-bond donors (Lipinski definition) is 1. The molecule has 0 aromatic heterocycles. The van der Waals surface area contributed by atoms with Crippen molar-refractivity contribution in [3.05, 3.63) is 11.8 Å². The Balaban J connectivity index is 2.02. The smallest absolute Gasteiger partial charge is 0.110 e. The van der Waals surface area contributed by atoms with Gasteiger partial charge in [0, 0.05) is 28.4 Å². The molecule has 2 aliphatic heterocycles. The van der Waals surface area contributed by atoms with Crippen LogP contribution in [0.2, 0.25) is 0 Å². The van der Waals surface area contributed by atoms with Gasteiger partial charge in [0.25, 0.3) is 0 Å². The van der Waals surface area contributed by atoms with E-state index in [-0.39, 0.29) is 0 Å². The summed E-state index contributed by atoms with van der Waals surface area (Å²) in [7, 11) is 0. The molecule has 3 atom stereocenters. The molecule has 2 nitrogen and oxygen atoms in total. The van der Waals surface area contributed by atoms with Crippen LogP contribution in [0.3, 0.4) is 0 Å². The van der Waals surface area contributed by atoms with E-state index in [0.717, 1.165) is 19.6 Å². The molecule has 1 fully saturated rings.